The molecule has 0 spiro atoms. The molecule has 0 heterocycles. The lowest BCUT2D eigenvalue weighted by atomic mass is 10.0. The second-order valence-electron chi connectivity index (χ2n) is 22.7. The Labute approximate surface area is 462 Å². The Bertz CT molecular complexity index is 1190. The Balaban J connectivity index is 4.04. The van der Waals surface area contributed by atoms with Crippen LogP contribution in [0.2, 0.25) is 0 Å². The van der Waals surface area contributed by atoms with Gasteiger partial charge in [0.25, 0.3) is 0 Å². The predicted molar refractivity (Wildman–Crippen MR) is 321 cm³/mol. The minimum atomic E-state index is -0.769. The van der Waals surface area contributed by atoms with E-state index < -0.39 is 6.10 Å². The third-order valence-electron chi connectivity index (χ3n) is 15.2. The third kappa shape index (κ3) is 60.8. The van der Waals surface area contributed by atoms with Gasteiger partial charge in [-0.25, -0.2) is 0 Å². The van der Waals surface area contributed by atoms with Gasteiger partial charge in [-0.1, -0.05) is 315 Å². The van der Waals surface area contributed by atoms with Crippen LogP contribution in [-0.4, -0.2) is 37.2 Å². The van der Waals surface area contributed by atoms with Crippen LogP contribution in [0.25, 0.3) is 0 Å². The van der Waals surface area contributed by atoms with Crippen LogP contribution in [0.15, 0.2) is 24.3 Å². The Hall–Kier alpha value is -2.11. The van der Waals surface area contributed by atoms with Crippen LogP contribution < -0.4 is 0 Å². The fraction of sp³-hybridized carbons (Fsp3) is 0.897. The van der Waals surface area contributed by atoms with Gasteiger partial charge in [-0.15, -0.1) is 0 Å². The van der Waals surface area contributed by atoms with Gasteiger partial charge in [-0.2, -0.15) is 0 Å². The van der Waals surface area contributed by atoms with Gasteiger partial charge in [0.05, 0.1) is 0 Å². The first-order valence-corrected chi connectivity index (χ1v) is 33.3. The van der Waals surface area contributed by atoms with Crippen LogP contribution in [0.3, 0.4) is 0 Å². The zero-order chi connectivity index (χ0) is 53.6. The number of ether oxygens (including phenoxy) is 3. The van der Waals surface area contributed by atoms with E-state index in [0.29, 0.717) is 19.3 Å². The lowest BCUT2D eigenvalue weighted by Gasteiger charge is -2.18. The van der Waals surface area contributed by atoms with E-state index in [1.807, 2.05) is 0 Å². The molecule has 0 aromatic rings. The molecule has 0 aliphatic rings. The van der Waals surface area contributed by atoms with Gasteiger partial charge in [-0.3, -0.25) is 14.4 Å². The monoisotopic (exact) mass is 1040 g/mol. The summed E-state index contributed by atoms with van der Waals surface area (Å²) in [5.74, 6) is -0.854. The topological polar surface area (TPSA) is 78.9 Å². The first kappa shape index (κ1) is 71.9. The Kier molecular flexibility index (Phi) is 61.6. The minimum Gasteiger partial charge on any atom is -0.462 e. The summed E-state index contributed by atoms with van der Waals surface area (Å²) in [5, 5.41) is 0. The molecule has 0 bridgehead atoms. The van der Waals surface area contributed by atoms with Crippen molar-refractivity contribution in [2.45, 2.75) is 380 Å². The Morgan fingerprint density at radius 1 is 0.257 bits per heavy atom. The van der Waals surface area contributed by atoms with Gasteiger partial charge in [-0.05, 0) is 64.2 Å². The summed E-state index contributed by atoms with van der Waals surface area (Å²) < 4.78 is 16.9. The van der Waals surface area contributed by atoms with Crippen LogP contribution in [0.5, 0.6) is 0 Å². The first-order chi connectivity index (χ1) is 36.5. The highest BCUT2D eigenvalue weighted by Crippen LogP contribution is 2.18. The van der Waals surface area contributed by atoms with Gasteiger partial charge in [0.1, 0.15) is 13.2 Å². The SMILES string of the molecule is CCC/C=C\CCCCCCCC(=O)OCC(COC(=O)CCCCCCCCCCCCCCCCCCCCC/C=C\CCCCCCCCCC)OC(=O)CCCCCCCCCCCCCCCCC. The highest BCUT2D eigenvalue weighted by molar-refractivity contribution is 5.71. The van der Waals surface area contributed by atoms with Crippen molar-refractivity contribution in [3.63, 3.8) is 0 Å². The summed E-state index contributed by atoms with van der Waals surface area (Å²) in [6, 6.07) is 0. The van der Waals surface area contributed by atoms with Crippen LogP contribution in [0, 0.1) is 0 Å². The molecule has 0 amide bonds. The molecule has 0 saturated heterocycles. The largest absolute Gasteiger partial charge is 0.462 e. The highest BCUT2D eigenvalue weighted by atomic mass is 16.6. The molecule has 0 radical (unpaired) electrons. The van der Waals surface area contributed by atoms with Crippen molar-refractivity contribution in [3.8, 4) is 0 Å². The summed E-state index contributed by atoms with van der Waals surface area (Å²) in [6.45, 7) is 6.63. The Morgan fingerprint density at radius 2 is 0.473 bits per heavy atom. The number of hydrogen-bond acceptors (Lipinski definition) is 6. The smallest absolute Gasteiger partial charge is 0.306 e. The van der Waals surface area contributed by atoms with Crippen LogP contribution >= 0.6 is 0 Å². The average molecular weight is 1040 g/mol. The molecule has 0 rings (SSSR count). The van der Waals surface area contributed by atoms with Crippen molar-refractivity contribution in [1.82, 2.24) is 0 Å². The quantitative estimate of drug-likeness (QED) is 0.0261. The number of carbonyl (C=O) groups excluding carboxylic acids is 3. The van der Waals surface area contributed by atoms with E-state index in [0.717, 1.165) is 70.6 Å². The van der Waals surface area contributed by atoms with Crippen molar-refractivity contribution < 1.29 is 28.6 Å². The number of hydrogen-bond donors (Lipinski definition) is 0. The van der Waals surface area contributed by atoms with Crippen molar-refractivity contribution in [2.24, 2.45) is 0 Å². The highest BCUT2D eigenvalue weighted by Gasteiger charge is 2.19. The number of allylic oxidation sites excluding steroid dienone is 4. The van der Waals surface area contributed by atoms with Gasteiger partial charge >= 0.3 is 17.9 Å². The molecule has 74 heavy (non-hydrogen) atoms. The van der Waals surface area contributed by atoms with Crippen LogP contribution in [-0.2, 0) is 28.6 Å². The van der Waals surface area contributed by atoms with E-state index in [1.54, 1.807) is 0 Å². The maximum atomic E-state index is 12.9. The molecule has 436 valence electrons. The molecule has 0 aromatic heterocycles. The standard InChI is InChI=1S/C68H128O6/c1-4-7-10-13-16-19-22-24-26-27-28-29-30-31-32-33-34-35-36-37-38-39-40-41-43-44-46-49-52-55-58-61-67(70)73-64-65(63-72-66(69)60-57-54-51-48-21-18-15-12-9-6-3)74-68(71)62-59-56-53-50-47-45-42-25-23-20-17-14-11-8-5-2/h12,15,27-28,65H,4-11,13-14,16-26,29-64H2,1-3H3/b15-12-,28-27-. The fourth-order valence-corrected chi connectivity index (χ4v) is 10.2. The summed E-state index contributed by atoms with van der Waals surface area (Å²) in [5.41, 5.74) is 0. The second-order valence-corrected chi connectivity index (χ2v) is 22.7. The molecule has 0 aliphatic heterocycles. The predicted octanol–water partition coefficient (Wildman–Crippen LogP) is 22.6. The van der Waals surface area contributed by atoms with E-state index in [4.69, 9.17) is 14.2 Å². The van der Waals surface area contributed by atoms with Crippen molar-refractivity contribution in [2.75, 3.05) is 13.2 Å². The normalized spacial score (nSPS) is 12.1. The van der Waals surface area contributed by atoms with Gasteiger partial charge < -0.3 is 14.2 Å². The minimum absolute atomic E-state index is 0.0680. The zero-order valence-electron chi connectivity index (χ0n) is 50.1. The van der Waals surface area contributed by atoms with Crippen LogP contribution in [0.4, 0.5) is 0 Å². The van der Waals surface area contributed by atoms with E-state index >= 15 is 0 Å². The van der Waals surface area contributed by atoms with Crippen molar-refractivity contribution in [3.05, 3.63) is 24.3 Å². The van der Waals surface area contributed by atoms with Gasteiger partial charge in [0, 0.05) is 19.3 Å². The molecule has 6 heteroatoms. The maximum absolute atomic E-state index is 12.9. The van der Waals surface area contributed by atoms with E-state index in [-0.39, 0.29) is 31.1 Å². The number of esters is 3. The molecule has 0 aliphatic carbocycles. The molecule has 0 N–H and O–H groups in total. The molecule has 1 atom stereocenters. The van der Waals surface area contributed by atoms with Gasteiger partial charge in [0.2, 0.25) is 0 Å². The number of carbonyl (C=O) groups is 3. The van der Waals surface area contributed by atoms with Crippen molar-refractivity contribution in [1.29, 1.82) is 0 Å². The summed E-state index contributed by atoms with van der Waals surface area (Å²) >= 11 is 0. The van der Waals surface area contributed by atoms with Crippen LogP contribution in [0.1, 0.15) is 374 Å². The third-order valence-corrected chi connectivity index (χ3v) is 15.2. The summed E-state index contributed by atoms with van der Waals surface area (Å²) in [7, 11) is 0. The first-order valence-electron chi connectivity index (χ1n) is 33.3. The molecule has 6 nitrogen and oxygen atoms in total. The average Bonchev–Trinajstić information content (AvgIpc) is 3.40. The maximum Gasteiger partial charge on any atom is 0.306 e. The van der Waals surface area contributed by atoms with E-state index in [2.05, 4.69) is 45.1 Å². The zero-order valence-corrected chi connectivity index (χ0v) is 50.1. The fourth-order valence-electron chi connectivity index (χ4n) is 10.2. The molecular weight excluding hydrogens is 913 g/mol. The summed E-state index contributed by atoms with van der Waals surface area (Å²) in [4.78, 5) is 38.2. The molecule has 0 aromatic carbocycles. The Morgan fingerprint density at radius 3 is 0.730 bits per heavy atom. The van der Waals surface area contributed by atoms with Crippen molar-refractivity contribution >= 4 is 17.9 Å². The lowest BCUT2D eigenvalue weighted by Crippen LogP contribution is -2.30. The lowest BCUT2D eigenvalue weighted by molar-refractivity contribution is -0.167. The molecular formula is C68H128O6. The molecule has 0 saturated carbocycles. The molecule has 0 fully saturated rings. The van der Waals surface area contributed by atoms with E-state index in [1.165, 1.54) is 263 Å². The molecule has 1 unspecified atom stereocenters. The number of rotatable bonds is 62. The summed E-state index contributed by atoms with van der Waals surface area (Å²) in [6.07, 6.45) is 76.5. The second kappa shape index (κ2) is 63.4. The van der Waals surface area contributed by atoms with Gasteiger partial charge in [0.15, 0.2) is 6.10 Å². The number of unbranched alkanes of at least 4 members (excludes halogenated alkanes) is 47. The van der Waals surface area contributed by atoms with E-state index in [9.17, 15) is 14.4 Å².